The van der Waals surface area contributed by atoms with Crippen LogP contribution in [0.3, 0.4) is 0 Å². The van der Waals surface area contributed by atoms with Crippen molar-refractivity contribution in [2.24, 2.45) is 5.92 Å². The number of nitrogens with zero attached hydrogens (tertiary/aromatic N) is 2. The molecule has 218 valence electrons. The summed E-state index contributed by atoms with van der Waals surface area (Å²) >= 11 is 0. The minimum atomic E-state index is -2.97. The molecule has 4 aromatic rings. The fourth-order valence-corrected chi connectivity index (χ4v) is 5.54. The normalized spacial score (nSPS) is 16.8. The Bertz CT molecular complexity index is 1540. The van der Waals surface area contributed by atoms with Crippen LogP contribution in [0.2, 0.25) is 0 Å². The van der Waals surface area contributed by atoms with Crippen LogP contribution in [0.4, 0.5) is 20.2 Å². The summed E-state index contributed by atoms with van der Waals surface area (Å²) in [6.45, 7) is 3.68. The zero-order valence-electron chi connectivity index (χ0n) is 23.4. The predicted octanol–water partition coefficient (Wildman–Crippen LogP) is 7.33. The van der Waals surface area contributed by atoms with Gasteiger partial charge in [0.25, 0.3) is 0 Å². The number of halogens is 2. The lowest BCUT2D eigenvalue weighted by Gasteiger charge is -2.30. The highest BCUT2D eigenvalue weighted by Crippen LogP contribution is 2.37. The van der Waals surface area contributed by atoms with Gasteiger partial charge in [-0.25, -0.2) is 0 Å². The van der Waals surface area contributed by atoms with Gasteiger partial charge in [0.1, 0.15) is 23.9 Å². The molecule has 1 fully saturated rings. The lowest BCUT2D eigenvalue weighted by Crippen LogP contribution is -2.27. The second kappa shape index (κ2) is 12.9. The summed E-state index contributed by atoms with van der Waals surface area (Å²) in [6, 6.07) is 19.8. The molecule has 42 heavy (non-hydrogen) atoms. The number of hydrogen-bond donors (Lipinski definition) is 2. The Morgan fingerprint density at radius 3 is 2.74 bits per heavy atom. The Hall–Kier alpha value is -4.66. The Labute approximate surface area is 244 Å². The monoisotopic (exact) mass is 572 g/mol. The maximum atomic E-state index is 13.2. The van der Waals surface area contributed by atoms with Crippen LogP contribution in [0.1, 0.15) is 43.2 Å². The first-order valence-electron chi connectivity index (χ1n) is 13.9. The van der Waals surface area contributed by atoms with E-state index in [1.165, 1.54) is 6.07 Å². The highest BCUT2D eigenvalue weighted by molar-refractivity contribution is 5.86. The molecule has 1 aromatic heterocycles. The van der Waals surface area contributed by atoms with Gasteiger partial charge in [-0.1, -0.05) is 49.9 Å². The number of nitrogen functional groups attached to an aromatic ring is 1. The van der Waals surface area contributed by atoms with Gasteiger partial charge in [-0.3, -0.25) is 9.89 Å². The molecule has 1 heterocycles. The zero-order valence-corrected chi connectivity index (χ0v) is 23.4. The molecular weight excluding hydrogens is 538 g/mol. The molecule has 2 unspecified atom stereocenters. The highest BCUT2D eigenvalue weighted by atomic mass is 19.3. The largest absolute Gasteiger partial charge is 0.487 e. The number of nitrogens with two attached hydrogens (primary N) is 1. The number of benzene rings is 3. The number of ketones is 1. The van der Waals surface area contributed by atoms with Crippen molar-refractivity contribution in [1.82, 2.24) is 10.2 Å². The first-order valence-corrected chi connectivity index (χ1v) is 13.9. The molecule has 3 aromatic carbocycles. The van der Waals surface area contributed by atoms with Crippen LogP contribution in [0.5, 0.6) is 11.5 Å². The SMILES string of the molecule is C=C(COc1cccc(C2C(=O)CCCC2C)c1)N(Cc1ccccc1OC(F)F)c1cc(-c2cn[nH]c2)ccc1N. The fourth-order valence-electron chi connectivity index (χ4n) is 5.54. The summed E-state index contributed by atoms with van der Waals surface area (Å²) in [5.74, 6) is 1.07. The third kappa shape index (κ3) is 6.62. The number of anilines is 2. The number of aromatic amines is 1. The van der Waals surface area contributed by atoms with Crippen molar-refractivity contribution >= 4 is 17.2 Å². The molecule has 9 heteroatoms. The van der Waals surface area contributed by atoms with Gasteiger partial charge in [0, 0.05) is 35.4 Å². The number of rotatable bonds is 11. The fraction of sp³-hybridized carbons (Fsp3) is 0.273. The van der Waals surface area contributed by atoms with Crippen LogP contribution in [0, 0.1) is 5.92 Å². The molecular formula is C33H34F2N4O3. The molecule has 0 aliphatic heterocycles. The van der Waals surface area contributed by atoms with Crippen LogP contribution in [0.25, 0.3) is 11.1 Å². The quantitative estimate of drug-likeness (QED) is 0.183. The van der Waals surface area contributed by atoms with Gasteiger partial charge in [0.05, 0.1) is 24.1 Å². The van der Waals surface area contributed by atoms with E-state index in [4.69, 9.17) is 15.2 Å². The van der Waals surface area contributed by atoms with Crippen molar-refractivity contribution in [3.8, 4) is 22.6 Å². The Kier molecular flexibility index (Phi) is 8.85. The third-order valence-electron chi connectivity index (χ3n) is 7.67. The van der Waals surface area contributed by atoms with Gasteiger partial charge < -0.3 is 20.1 Å². The summed E-state index contributed by atoms with van der Waals surface area (Å²) in [5, 5.41) is 6.85. The number of carbonyl (C=O) groups is 1. The highest BCUT2D eigenvalue weighted by Gasteiger charge is 2.30. The lowest BCUT2D eigenvalue weighted by molar-refractivity contribution is -0.123. The second-order valence-corrected chi connectivity index (χ2v) is 10.6. The van der Waals surface area contributed by atoms with Crippen molar-refractivity contribution in [3.63, 3.8) is 0 Å². The molecule has 2 atom stereocenters. The van der Waals surface area contributed by atoms with Crippen LogP contribution in [0.15, 0.2) is 91.4 Å². The number of aromatic nitrogens is 2. The van der Waals surface area contributed by atoms with E-state index in [1.807, 2.05) is 41.3 Å². The maximum Gasteiger partial charge on any atom is 0.387 e. The second-order valence-electron chi connectivity index (χ2n) is 10.6. The summed E-state index contributed by atoms with van der Waals surface area (Å²) in [7, 11) is 0. The molecule has 7 nitrogen and oxygen atoms in total. The standard InChI is InChI=1S/C33H34F2N4O3/c1-21-7-5-11-30(40)32(21)24-9-6-10-27(15-24)41-20-22(2)39(19-25-8-3-4-12-31(25)42-33(34)35)29-16-23(13-14-28(29)36)26-17-37-38-18-26/h3-4,6,8-10,12-18,21,32-33H,2,5,7,11,19-20,36H2,1H3,(H,37,38). The molecule has 1 aliphatic carbocycles. The summed E-state index contributed by atoms with van der Waals surface area (Å²) in [6.07, 6.45) is 6.02. The molecule has 3 N–H and O–H groups in total. The van der Waals surface area contributed by atoms with E-state index in [0.29, 0.717) is 34.8 Å². The van der Waals surface area contributed by atoms with Crippen molar-refractivity contribution in [3.05, 3.63) is 103 Å². The summed E-state index contributed by atoms with van der Waals surface area (Å²) in [4.78, 5) is 14.5. The smallest absolute Gasteiger partial charge is 0.387 e. The number of ether oxygens (including phenoxy) is 2. The Morgan fingerprint density at radius 1 is 1.14 bits per heavy atom. The van der Waals surface area contributed by atoms with Crippen molar-refractivity contribution in [1.29, 1.82) is 0 Å². The maximum absolute atomic E-state index is 13.2. The molecule has 0 saturated heterocycles. The molecule has 1 saturated carbocycles. The van der Waals surface area contributed by atoms with Gasteiger partial charge in [0.2, 0.25) is 0 Å². The number of nitrogens with one attached hydrogen (secondary N) is 1. The van der Waals surface area contributed by atoms with Crippen molar-refractivity contribution in [2.75, 3.05) is 17.2 Å². The number of hydrogen-bond acceptors (Lipinski definition) is 6. The first kappa shape index (κ1) is 28.9. The predicted molar refractivity (Wildman–Crippen MR) is 160 cm³/mol. The van der Waals surface area contributed by atoms with Gasteiger partial charge in [-0.2, -0.15) is 13.9 Å². The number of para-hydroxylation sites is 1. The molecule has 0 amide bonds. The van der Waals surface area contributed by atoms with E-state index in [9.17, 15) is 13.6 Å². The van der Waals surface area contributed by atoms with Crippen molar-refractivity contribution < 1.29 is 23.0 Å². The van der Waals surface area contributed by atoms with Crippen LogP contribution >= 0.6 is 0 Å². The summed E-state index contributed by atoms with van der Waals surface area (Å²) < 4.78 is 37.4. The Morgan fingerprint density at radius 2 is 1.98 bits per heavy atom. The Balaban J connectivity index is 1.43. The van der Waals surface area contributed by atoms with Gasteiger partial charge in [-0.05, 0) is 60.2 Å². The topological polar surface area (TPSA) is 93.5 Å². The number of Topliss-reactive ketones (excluding diaryl/α,β-unsaturated/α-hetero) is 1. The van der Waals surface area contributed by atoms with Crippen LogP contribution < -0.4 is 20.1 Å². The molecule has 0 spiro atoms. The van der Waals surface area contributed by atoms with Crippen LogP contribution in [-0.2, 0) is 11.3 Å². The average molecular weight is 573 g/mol. The number of carbonyl (C=O) groups excluding carboxylic acids is 1. The number of H-pyrrole nitrogens is 1. The molecule has 1 aliphatic rings. The van der Waals surface area contributed by atoms with Gasteiger partial charge in [0.15, 0.2) is 0 Å². The minimum absolute atomic E-state index is 0.0646. The van der Waals surface area contributed by atoms with E-state index in [1.54, 1.807) is 36.7 Å². The van der Waals surface area contributed by atoms with E-state index in [-0.39, 0.29) is 36.5 Å². The third-order valence-corrected chi connectivity index (χ3v) is 7.67. The van der Waals surface area contributed by atoms with Gasteiger partial charge >= 0.3 is 6.61 Å². The van der Waals surface area contributed by atoms with E-state index in [0.717, 1.165) is 29.5 Å². The van der Waals surface area contributed by atoms with E-state index < -0.39 is 6.61 Å². The number of alkyl halides is 2. The molecule has 0 bridgehead atoms. The zero-order chi connectivity index (χ0) is 29.6. The van der Waals surface area contributed by atoms with E-state index in [2.05, 4.69) is 23.7 Å². The van der Waals surface area contributed by atoms with E-state index >= 15 is 0 Å². The van der Waals surface area contributed by atoms with Gasteiger partial charge in [-0.15, -0.1) is 0 Å². The average Bonchev–Trinajstić information content (AvgIpc) is 3.51. The minimum Gasteiger partial charge on any atom is -0.487 e. The molecule has 0 radical (unpaired) electrons. The van der Waals surface area contributed by atoms with Crippen molar-refractivity contribution in [2.45, 2.75) is 45.3 Å². The first-order chi connectivity index (χ1) is 20.3. The van der Waals surface area contributed by atoms with Crippen LogP contribution in [-0.4, -0.2) is 29.2 Å². The summed E-state index contributed by atoms with van der Waals surface area (Å²) in [5.41, 5.74) is 11.3. The lowest BCUT2D eigenvalue weighted by atomic mass is 9.75. The molecule has 5 rings (SSSR count).